The Labute approximate surface area is 129 Å². The standard InChI is InChI=1S/C14H11ClN4OS/c15-8-4-5-9-12(6-8)18-7-13(9)21(20)19-11-3-1-2-10(16)14(11)17/h1-7,16-19H. The van der Waals surface area contributed by atoms with Gasteiger partial charge in [-0.2, -0.15) is 0 Å². The van der Waals surface area contributed by atoms with Gasteiger partial charge in [-0.1, -0.05) is 17.7 Å². The molecule has 7 heteroatoms. The molecular weight excluding hydrogens is 308 g/mol. The van der Waals surface area contributed by atoms with Gasteiger partial charge in [0, 0.05) is 5.02 Å². The molecule has 1 aromatic carbocycles. The van der Waals surface area contributed by atoms with Gasteiger partial charge in [0.05, 0.1) is 22.8 Å². The Kier molecular flexibility index (Phi) is 3.59. The second-order valence-electron chi connectivity index (χ2n) is 4.44. The summed E-state index contributed by atoms with van der Waals surface area (Å²) in [6.45, 7) is 0. The van der Waals surface area contributed by atoms with Crippen molar-refractivity contribution in [3.05, 3.63) is 53.3 Å². The molecule has 0 fully saturated rings. The summed E-state index contributed by atoms with van der Waals surface area (Å²) in [5.41, 5.74) is 1.27. The van der Waals surface area contributed by atoms with Crippen molar-refractivity contribution in [1.29, 1.82) is 10.8 Å². The van der Waals surface area contributed by atoms with E-state index in [0.717, 1.165) is 10.9 Å². The minimum Gasteiger partial charge on any atom is -0.588 e. The smallest absolute Gasteiger partial charge is 0.205 e. The van der Waals surface area contributed by atoms with Crippen LogP contribution in [0.5, 0.6) is 0 Å². The second kappa shape index (κ2) is 5.40. The van der Waals surface area contributed by atoms with Crippen molar-refractivity contribution in [3.8, 4) is 0 Å². The lowest BCUT2D eigenvalue weighted by molar-refractivity contribution is 0.589. The number of hydrogen-bond donors (Lipinski definition) is 4. The van der Waals surface area contributed by atoms with Crippen LogP contribution in [0.1, 0.15) is 0 Å². The molecular formula is C14H11ClN4OS. The molecule has 1 aliphatic carbocycles. The average molecular weight is 319 g/mol. The highest BCUT2D eigenvalue weighted by Gasteiger charge is 2.22. The van der Waals surface area contributed by atoms with Crippen molar-refractivity contribution in [2.45, 2.75) is 4.90 Å². The molecule has 106 valence electrons. The van der Waals surface area contributed by atoms with E-state index in [9.17, 15) is 4.55 Å². The summed E-state index contributed by atoms with van der Waals surface area (Å²) in [6, 6.07) is 5.29. The molecule has 0 amide bonds. The van der Waals surface area contributed by atoms with Crippen LogP contribution in [0.15, 0.2) is 53.2 Å². The topological polar surface area (TPSA) is 98.6 Å². The zero-order valence-corrected chi connectivity index (χ0v) is 12.3. The Bertz CT molecular complexity index is 808. The molecule has 0 spiro atoms. The molecule has 2 aromatic rings. The normalized spacial score (nSPS) is 16.2. The van der Waals surface area contributed by atoms with Gasteiger partial charge >= 0.3 is 0 Å². The van der Waals surface area contributed by atoms with Gasteiger partial charge in [-0.15, -0.1) is 0 Å². The van der Waals surface area contributed by atoms with Gasteiger partial charge in [-0.05, 0) is 30.4 Å². The van der Waals surface area contributed by atoms with Gasteiger partial charge in [0.2, 0.25) is 4.90 Å². The predicted octanol–water partition coefficient (Wildman–Crippen LogP) is 2.93. The van der Waals surface area contributed by atoms with Gasteiger partial charge in [0.1, 0.15) is 22.8 Å². The van der Waals surface area contributed by atoms with Crippen LogP contribution >= 0.6 is 11.6 Å². The number of fused-ring (bicyclic) bond motifs is 1. The van der Waals surface area contributed by atoms with Crippen LogP contribution in [0.4, 0.5) is 0 Å². The lowest BCUT2D eigenvalue weighted by Crippen LogP contribution is -2.31. The molecule has 1 aromatic heterocycles. The number of aromatic amines is 1. The predicted molar refractivity (Wildman–Crippen MR) is 85.5 cm³/mol. The van der Waals surface area contributed by atoms with E-state index in [1.165, 1.54) is 6.08 Å². The summed E-state index contributed by atoms with van der Waals surface area (Å²) in [5, 5.41) is 16.8. The molecule has 1 aliphatic rings. The summed E-state index contributed by atoms with van der Waals surface area (Å²) in [6.07, 6.45) is 6.45. The van der Waals surface area contributed by atoms with Crippen LogP contribution in [0.2, 0.25) is 5.02 Å². The molecule has 4 N–H and O–H groups in total. The van der Waals surface area contributed by atoms with E-state index in [4.69, 9.17) is 22.4 Å². The molecule has 5 nitrogen and oxygen atoms in total. The summed E-state index contributed by atoms with van der Waals surface area (Å²) < 4.78 is 15.2. The third-order valence-electron chi connectivity index (χ3n) is 3.07. The highest BCUT2D eigenvalue weighted by Crippen LogP contribution is 2.25. The van der Waals surface area contributed by atoms with Crippen molar-refractivity contribution in [2.75, 3.05) is 0 Å². The number of H-pyrrole nitrogens is 1. The molecule has 0 aliphatic heterocycles. The van der Waals surface area contributed by atoms with Gasteiger partial charge in [-0.3, -0.25) is 10.8 Å². The zero-order valence-electron chi connectivity index (χ0n) is 10.7. The summed E-state index contributed by atoms with van der Waals surface area (Å²) in [7, 11) is 0. The molecule has 1 unspecified atom stereocenters. The van der Waals surface area contributed by atoms with Gasteiger partial charge < -0.3 is 9.54 Å². The minimum absolute atomic E-state index is 0.0220. The van der Waals surface area contributed by atoms with Crippen LogP contribution in [0, 0.1) is 10.8 Å². The number of hydrogen-bond acceptors (Lipinski definition) is 4. The van der Waals surface area contributed by atoms with Gasteiger partial charge in [0.25, 0.3) is 0 Å². The monoisotopic (exact) mass is 318 g/mol. The van der Waals surface area contributed by atoms with E-state index < -0.39 is 11.4 Å². The van der Waals surface area contributed by atoms with Gasteiger partial charge in [0.15, 0.2) is 0 Å². The highest BCUT2D eigenvalue weighted by atomic mass is 35.5. The van der Waals surface area contributed by atoms with Crippen molar-refractivity contribution in [3.63, 3.8) is 0 Å². The molecule has 0 radical (unpaired) electrons. The number of benzene rings is 1. The maximum absolute atomic E-state index is 12.4. The van der Waals surface area contributed by atoms with E-state index in [1.807, 2.05) is 0 Å². The highest BCUT2D eigenvalue weighted by molar-refractivity contribution is 7.90. The van der Waals surface area contributed by atoms with Crippen LogP contribution in [0.3, 0.4) is 0 Å². The Morgan fingerprint density at radius 2 is 2.10 bits per heavy atom. The quantitative estimate of drug-likeness (QED) is 0.517. The summed E-state index contributed by atoms with van der Waals surface area (Å²) >= 11 is 4.39. The minimum atomic E-state index is -1.53. The molecule has 1 atom stereocenters. The average Bonchev–Trinajstić information content (AvgIpc) is 2.86. The largest absolute Gasteiger partial charge is 0.588 e. The maximum atomic E-state index is 12.4. The lowest BCUT2D eigenvalue weighted by atomic mass is 10.1. The van der Waals surface area contributed by atoms with Crippen LogP contribution in [0.25, 0.3) is 10.9 Å². The van der Waals surface area contributed by atoms with E-state index in [2.05, 4.69) is 9.71 Å². The fraction of sp³-hybridized carbons (Fsp3) is 0. The summed E-state index contributed by atoms with van der Waals surface area (Å²) in [5.74, 6) is 0. The molecule has 1 heterocycles. The first-order chi connectivity index (χ1) is 10.1. The lowest BCUT2D eigenvalue weighted by Gasteiger charge is -2.15. The van der Waals surface area contributed by atoms with Gasteiger partial charge in [-0.25, -0.2) is 4.72 Å². The SMILES string of the molecule is N=C1C=CC=C(N[S+]([O-])c2c[nH]c3cc(Cl)ccc23)C1=N. The maximum Gasteiger partial charge on any atom is 0.205 e. The molecule has 0 saturated carbocycles. The second-order valence-corrected chi connectivity index (χ2v) is 6.06. The first kappa shape index (κ1) is 13.9. The number of rotatable bonds is 3. The number of nitrogens with one attached hydrogen (secondary N) is 4. The van der Waals surface area contributed by atoms with E-state index >= 15 is 0 Å². The fourth-order valence-corrected chi connectivity index (χ4v) is 3.21. The van der Waals surface area contributed by atoms with Crippen molar-refractivity contribution < 1.29 is 4.55 Å². The van der Waals surface area contributed by atoms with Crippen molar-refractivity contribution in [2.24, 2.45) is 0 Å². The van der Waals surface area contributed by atoms with E-state index in [-0.39, 0.29) is 11.4 Å². The van der Waals surface area contributed by atoms with Crippen molar-refractivity contribution >= 4 is 45.3 Å². The van der Waals surface area contributed by atoms with E-state index in [0.29, 0.717) is 15.6 Å². The number of aromatic nitrogens is 1. The van der Waals surface area contributed by atoms with E-state index in [1.54, 1.807) is 36.5 Å². The Morgan fingerprint density at radius 3 is 2.90 bits per heavy atom. The zero-order chi connectivity index (χ0) is 15.0. The van der Waals surface area contributed by atoms with Crippen LogP contribution < -0.4 is 4.72 Å². The Hall–Kier alpha value is -2.02. The third kappa shape index (κ3) is 2.61. The Balaban J connectivity index is 1.89. The fourth-order valence-electron chi connectivity index (χ4n) is 2.02. The Morgan fingerprint density at radius 1 is 1.29 bits per heavy atom. The van der Waals surface area contributed by atoms with Crippen molar-refractivity contribution in [1.82, 2.24) is 9.71 Å². The molecule has 3 rings (SSSR count). The number of allylic oxidation sites excluding steroid dienone is 4. The van der Waals surface area contributed by atoms with Crippen LogP contribution in [-0.2, 0) is 11.4 Å². The first-order valence-electron chi connectivity index (χ1n) is 6.07. The number of halogens is 1. The third-order valence-corrected chi connectivity index (χ3v) is 4.45. The molecule has 0 saturated heterocycles. The van der Waals surface area contributed by atoms with Crippen LogP contribution in [-0.4, -0.2) is 21.0 Å². The summed E-state index contributed by atoms with van der Waals surface area (Å²) in [4.78, 5) is 3.60. The molecule has 21 heavy (non-hydrogen) atoms. The molecule has 0 bridgehead atoms. The first-order valence-corrected chi connectivity index (χ1v) is 7.60.